The van der Waals surface area contributed by atoms with Crippen molar-refractivity contribution in [3.8, 4) is 0 Å². The molecule has 0 spiro atoms. The van der Waals surface area contributed by atoms with Crippen molar-refractivity contribution >= 4 is 40.8 Å². The molecule has 7 nitrogen and oxygen atoms in total. The Bertz CT molecular complexity index is 869. The molecule has 2 N–H and O–H groups in total. The predicted molar refractivity (Wildman–Crippen MR) is 112 cm³/mol. The zero-order chi connectivity index (χ0) is 20.7. The number of anilines is 2. The number of carbonyl (C=O) groups is 2. The van der Waals surface area contributed by atoms with Crippen molar-refractivity contribution < 1.29 is 14.4 Å². The smallest absolute Gasteiger partial charge is 0.317 e. The van der Waals surface area contributed by atoms with E-state index in [0.29, 0.717) is 22.1 Å². The molecule has 0 aliphatic heterocycles. The highest BCUT2D eigenvalue weighted by Crippen LogP contribution is 2.19. The number of para-hydroxylation sites is 1. The van der Waals surface area contributed by atoms with E-state index in [0.717, 1.165) is 0 Å². The van der Waals surface area contributed by atoms with Crippen molar-refractivity contribution in [3.05, 3.63) is 59.6 Å². The second kappa shape index (κ2) is 9.23. The molecule has 2 rings (SSSR count). The molecule has 0 atom stereocenters. The van der Waals surface area contributed by atoms with E-state index in [1.165, 1.54) is 4.90 Å². The molecule has 0 unspecified atom stereocenters. The second-order valence-corrected chi connectivity index (χ2v) is 7.04. The van der Waals surface area contributed by atoms with Gasteiger partial charge in [0.25, 0.3) is 0 Å². The number of amides is 3. The summed E-state index contributed by atoms with van der Waals surface area (Å²) >= 11 is 5.94. The Balaban J connectivity index is 1.99. The average molecular weight is 403 g/mol. The molecule has 28 heavy (non-hydrogen) atoms. The molecule has 0 heterocycles. The zero-order valence-electron chi connectivity index (χ0n) is 16.2. The van der Waals surface area contributed by atoms with E-state index in [2.05, 4.69) is 15.8 Å². The lowest BCUT2D eigenvalue weighted by atomic mass is 9.98. The first kappa shape index (κ1) is 21.2. The Morgan fingerprint density at radius 1 is 1.04 bits per heavy atom. The van der Waals surface area contributed by atoms with Crippen LogP contribution >= 0.6 is 11.6 Å². The van der Waals surface area contributed by atoms with Gasteiger partial charge in [0.05, 0.1) is 11.3 Å². The number of hydrogen-bond acceptors (Lipinski definition) is 4. The lowest BCUT2D eigenvalue weighted by Gasteiger charge is -2.35. The largest absolute Gasteiger partial charge is 0.437 e. The van der Waals surface area contributed by atoms with E-state index < -0.39 is 11.6 Å². The van der Waals surface area contributed by atoms with Gasteiger partial charge in [-0.1, -0.05) is 41.0 Å². The van der Waals surface area contributed by atoms with E-state index in [9.17, 15) is 9.59 Å². The minimum Gasteiger partial charge on any atom is -0.317 e. The van der Waals surface area contributed by atoms with Crippen LogP contribution < -0.4 is 10.6 Å². The van der Waals surface area contributed by atoms with Crippen LogP contribution in [0.25, 0.3) is 0 Å². The van der Waals surface area contributed by atoms with Crippen LogP contribution in [0.1, 0.15) is 20.8 Å². The molecule has 0 saturated heterocycles. The Morgan fingerprint density at radius 2 is 1.68 bits per heavy atom. The molecule has 0 bridgehead atoms. The Hall–Kier alpha value is -3.06. The van der Waals surface area contributed by atoms with Gasteiger partial charge < -0.3 is 10.2 Å². The Labute approximate surface area is 169 Å². The summed E-state index contributed by atoms with van der Waals surface area (Å²) in [5.74, 6) is 0. The fourth-order valence-electron chi connectivity index (χ4n) is 2.15. The number of urea groups is 1. The van der Waals surface area contributed by atoms with Crippen molar-refractivity contribution in [1.82, 2.24) is 4.90 Å². The van der Waals surface area contributed by atoms with Crippen molar-refractivity contribution in [2.24, 2.45) is 5.16 Å². The van der Waals surface area contributed by atoms with Crippen LogP contribution in [0.3, 0.4) is 0 Å². The molecule has 0 aliphatic rings. The summed E-state index contributed by atoms with van der Waals surface area (Å²) in [6.45, 7) is 5.27. The van der Waals surface area contributed by atoms with E-state index in [-0.39, 0.29) is 6.03 Å². The number of oxime groups is 1. The van der Waals surface area contributed by atoms with Gasteiger partial charge in [-0.15, -0.1) is 0 Å². The summed E-state index contributed by atoms with van der Waals surface area (Å²) in [6.07, 6.45) is -0.715. The molecule has 0 aromatic heterocycles. The second-order valence-electron chi connectivity index (χ2n) is 6.61. The maximum absolute atomic E-state index is 12.6. The maximum Gasteiger partial charge on any atom is 0.437 e. The lowest BCUT2D eigenvalue weighted by Crippen LogP contribution is -2.51. The predicted octanol–water partition coefficient (Wildman–Crippen LogP) is 5.21. The average Bonchev–Trinajstić information content (AvgIpc) is 2.66. The molecular formula is C20H23ClN4O3. The molecular weight excluding hydrogens is 380 g/mol. The summed E-state index contributed by atoms with van der Waals surface area (Å²) < 4.78 is 0. The van der Waals surface area contributed by atoms with Gasteiger partial charge >= 0.3 is 12.1 Å². The van der Waals surface area contributed by atoms with Gasteiger partial charge in [-0.2, -0.15) is 0 Å². The van der Waals surface area contributed by atoms with Crippen LogP contribution in [0.4, 0.5) is 21.0 Å². The number of nitrogens with zero attached hydrogens (tertiary/aromatic N) is 2. The van der Waals surface area contributed by atoms with Gasteiger partial charge in [-0.05, 0) is 51.1 Å². The highest BCUT2D eigenvalue weighted by atomic mass is 35.5. The lowest BCUT2D eigenvalue weighted by molar-refractivity contribution is 0.162. The van der Waals surface area contributed by atoms with Crippen molar-refractivity contribution in [1.29, 1.82) is 0 Å². The highest BCUT2D eigenvalue weighted by Gasteiger charge is 2.31. The number of nitrogens with one attached hydrogen (secondary N) is 2. The summed E-state index contributed by atoms with van der Waals surface area (Å²) in [5.41, 5.74) is 0.806. The number of carbonyl (C=O) groups excluding carboxylic acids is 2. The molecule has 8 heteroatoms. The van der Waals surface area contributed by atoms with Crippen LogP contribution in [0, 0.1) is 0 Å². The molecule has 0 aliphatic carbocycles. The van der Waals surface area contributed by atoms with E-state index >= 15 is 0 Å². The van der Waals surface area contributed by atoms with E-state index in [1.807, 2.05) is 6.07 Å². The quantitative estimate of drug-likeness (QED) is 0.409. The third-order valence-corrected chi connectivity index (χ3v) is 4.63. The van der Waals surface area contributed by atoms with Crippen LogP contribution in [0.2, 0.25) is 5.02 Å². The standard InChI is InChI=1S/C20H23ClN4O3/c1-14(24-28-19(27)23-16-10-6-5-7-11-16)20(2,3)25(4)18(26)22-17-12-8-9-15(21)13-17/h5-13H,1-4H3,(H,22,26)(H,23,27)/b24-14+. The number of benzene rings is 2. The monoisotopic (exact) mass is 402 g/mol. The Kier molecular flexibility index (Phi) is 7.00. The van der Waals surface area contributed by atoms with Crippen LogP contribution in [0.15, 0.2) is 59.8 Å². The summed E-state index contributed by atoms with van der Waals surface area (Å²) in [4.78, 5) is 30.8. The van der Waals surface area contributed by atoms with Gasteiger partial charge in [-0.3, -0.25) is 10.2 Å². The van der Waals surface area contributed by atoms with Crippen molar-refractivity contribution in [2.75, 3.05) is 17.7 Å². The number of hydrogen-bond donors (Lipinski definition) is 2. The molecule has 2 aromatic rings. The molecule has 2 aromatic carbocycles. The molecule has 0 fully saturated rings. The minimum absolute atomic E-state index is 0.351. The molecule has 3 amide bonds. The van der Waals surface area contributed by atoms with Crippen molar-refractivity contribution in [2.45, 2.75) is 26.3 Å². The summed E-state index contributed by atoms with van der Waals surface area (Å²) in [6, 6.07) is 15.4. The Morgan fingerprint density at radius 3 is 2.32 bits per heavy atom. The maximum atomic E-state index is 12.6. The van der Waals surface area contributed by atoms with E-state index in [1.54, 1.807) is 76.3 Å². The van der Waals surface area contributed by atoms with E-state index in [4.69, 9.17) is 16.4 Å². The summed E-state index contributed by atoms with van der Waals surface area (Å²) in [5, 5.41) is 9.74. The number of halogens is 1. The highest BCUT2D eigenvalue weighted by molar-refractivity contribution is 6.30. The van der Waals surface area contributed by atoms with Crippen molar-refractivity contribution in [3.63, 3.8) is 0 Å². The third kappa shape index (κ3) is 5.72. The van der Waals surface area contributed by atoms with Crippen LogP contribution in [0.5, 0.6) is 0 Å². The molecule has 0 saturated carbocycles. The molecule has 0 radical (unpaired) electrons. The van der Waals surface area contributed by atoms with Gasteiger partial charge in [0.15, 0.2) is 0 Å². The van der Waals surface area contributed by atoms with Crippen LogP contribution in [-0.2, 0) is 4.84 Å². The normalized spacial score (nSPS) is 11.5. The fourth-order valence-corrected chi connectivity index (χ4v) is 2.34. The van der Waals surface area contributed by atoms with Gasteiger partial charge in [0, 0.05) is 23.4 Å². The summed E-state index contributed by atoms with van der Waals surface area (Å²) in [7, 11) is 1.63. The van der Waals surface area contributed by atoms with Gasteiger partial charge in [-0.25, -0.2) is 9.59 Å². The fraction of sp³-hybridized carbons (Fsp3) is 0.250. The third-order valence-electron chi connectivity index (χ3n) is 4.39. The first-order valence-electron chi connectivity index (χ1n) is 8.58. The zero-order valence-corrected chi connectivity index (χ0v) is 16.9. The topological polar surface area (TPSA) is 83.0 Å². The van der Waals surface area contributed by atoms with Gasteiger partial charge in [0.1, 0.15) is 0 Å². The first-order chi connectivity index (χ1) is 13.2. The SMILES string of the molecule is C/C(=N\OC(=O)Nc1ccccc1)C(C)(C)N(C)C(=O)Nc1cccc(Cl)c1. The minimum atomic E-state index is -0.810. The van der Waals surface area contributed by atoms with Gasteiger partial charge in [0.2, 0.25) is 0 Å². The number of rotatable bonds is 5. The first-order valence-corrected chi connectivity index (χ1v) is 8.96. The molecule has 148 valence electrons. The van der Waals surface area contributed by atoms with Crippen LogP contribution in [-0.4, -0.2) is 35.3 Å².